The maximum absolute atomic E-state index is 5.32. The number of allylic oxidation sites excluding steroid dienone is 1. The van der Waals surface area contributed by atoms with E-state index in [9.17, 15) is 0 Å². The zero-order valence-corrected chi connectivity index (χ0v) is 15.0. The van der Waals surface area contributed by atoms with Crippen LogP contribution in [0, 0.1) is 0 Å². The lowest BCUT2D eigenvalue weighted by Gasteiger charge is -2.20. The number of H-pyrrole nitrogens is 1. The molecule has 0 amide bonds. The summed E-state index contributed by atoms with van der Waals surface area (Å²) in [6.07, 6.45) is 5.44. The quantitative estimate of drug-likeness (QED) is 0.511. The standard InChI is InChI=1S/C23H25NO/c1-4-6-9-17(5-2)23(18-12-14-19(25-3)15-13-18)21-16-24-22-11-8-7-10-20(21)22/h7-8,10-16,23-24H,2,4,6,9H2,1,3H3. The van der Waals surface area contributed by atoms with E-state index >= 15 is 0 Å². The van der Waals surface area contributed by atoms with Gasteiger partial charge in [-0.3, -0.25) is 0 Å². The molecule has 1 atom stereocenters. The second-order valence-electron chi connectivity index (χ2n) is 6.30. The monoisotopic (exact) mass is 331 g/mol. The van der Waals surface area contributed by atoms with Crippen molar-refractivity contribution in [3.05, 3.63) is 83.7 Å². The number of aromatic amines is 1. The highest BCUT2D eigenvalue weighted by Gasteiger charge is 2.22. The lowest BCUT2D eigenvalue weighted by Crippen LogP contribution is -2.04. The van der Waals surface area contributed by atoms with Gasteiger partial charge in [-0.2, -0.15) is 0 Å². The van der Waals surface area contributed by atoms with Gasteiger partial charge in [0.2, 0.25) is 0 Å². The number of methoxy groups -OCH3 is 1. The zero-order chi connectivity index (χ0) is 17.6. The molecule has 1 N–H and O–H groups in total. The Labute approximate surface area is 149 Å². The number of nitrogens with one attached hydrogen (secondary N) is 1. The Balaban J connectivity index is 2.12. The Kier molecular flexibility index (Phi) is 5.42. The van der Waals surface area contributed by atoms with Gasteiger partial charge in [-0.15, -0.1) is 5.73 Å². The van der Waals surface area contributed by atoms with Gasteiger partial charge in [0, 0.05) is 23.0 Å². The Hall–Kier alpha value is -2.70. The second kappa shape index (κ2) is 7.92. The van der Waals surface area contributed by atoms with Gasteiger partial charge in [0.15, 0.2) is 0 Å². The Morgan fingerprint density at radius 2 is 1.92 bits per heavy atom. The van der Waals surface area contributed by atoms with E-state index in [0.29, 0.717) is 0 Å². The summed E-state index contributed by atoms with van der Waals surface area (Å²) in [6.45, 7) is 6.20. The Bertz CT molecular complexity index is 882. The molecular formula is C23H25NO. The SMILES string of the molecule is C=C=C(CCCC)C(c1ccc(OC)cc1)c1c[nH]c2ccccc12. The van der Waals surface area contributed by atoms with E-state index in [0.717, 1.165) is 30.5 Å². The van der Waals surface area contributed by atoms with Crippen molar-refractivity contribution in [2.45, 2.75) is 32.1 Å². The van der Waals surface area contributed by atoms with E-state index < -0.39 is 0 Å². The molecule has 0 fully saturated rings. The number of hydrogen-bond acceptors (Lipinski definition) is 1. The average Bonchev–Trinajstić information content (AvgIpc) is 3.09. The number of rotatable bonds is 7. The van der Waals surface area contributed by atoms with Gasteiger partial charge in [0.1, 0.15) is 5.75 Å². The third-order valence-electron chi connectivity index (χ3n) is 4.76. The van der Waals surface area contributed by atoms with Gasteiger partial charge in [-0.25, -0.2) is 0 Å². The molecule has 0 aliphatic carbocycles. The first-order valence-electron chi connectivity index (χ1n) is 8.87. The average molecular weight is 331 g/mol. The van der Waals surface area contributed by atoms with E-state index in [4.69, 9.17) is 4.74 Å². The maximum Gasteiger partial charge on any atom is 0.118 e. The number of hydrogen-bond donors (Lipinski definition) is 1. The highest BCUT2D eigenvalue weighted by atomic mass is 16.5. The molecule has 0 aliphatic heterocycles. The van der Waals surface area contributed by atoms with Gasteiger partial charge >= 0.3 is 0 Å². The first-order valence-corrected chi connectivity index (χ1v) is 8.87. The largest absolute Gasteiger partial charge is 0.497 e. The minimum atomic E-state index is 0.158. The van der Waals surface area contributed by atoms with E-state index in [1.807, 2.05) is 12.1 Å². The number of unbranched alkanes of at least 4 members (excludes halogenated alkanes) is 1. The van der Waals surface area contributed by atoms with Crippen molar-refractivity contribution in [2.75, 3.05) is 7.11 Å². The van der Waals surface area contributed by atoms with Crippen LogP contribution in [0.15, 0.2) is 72.6 Å². The fourth-order valence-corrected chi connectivity index (χ4v) is 3.40. The third-order valence-corrected chi connectivity index (χ3v) is 4.76. The molecule has 25 heavy (non-hydrogen) atoms. The summed E-state index contributed by atoms with van der Waals surface area (Å²) in [6, 6.07) is 16.8. The smallest absolute Gasteiger partial charge is 0.118 e. The summed E-state index contributed by atoms with van der Waals surface area (Å²) in [5, 5.41) is 1.26. The molecule has 0 spiro atoms. The lowest BCUT2D eigenvalue weighted by atomic mass is 9.83. The van der Waals surface area contributed by atoms with Crippen molar-refractivity contribution in [1.82, 2.24) is 4.98 Å². The third kappa shape index (κ3) is 3.55. The number of ether oxygens (including phenoxy) is 1. The van der Waals surface area contributed by atoms with Crippen LogP contribution in [0.4, 0.5) is 0 Å². The van der Waals surface area contributed by atoms with Gasteiger partial charge in [0.25, 0.3) is 0 Å². The predicted molar refractivity (Wildman–Crippen MR) is 105 cm³/mol. The van der Waals surface area contributed by atoms with Crippen LogP contribution < -0.4 is 4.74 Å². The van der Waals surface area contributed by atoms with Gasteiger partial charge in [-0.05, 0) is 47.7 Å². The molecule has 128 valence electrons. The van der Waals surface area contributed by atoms with Crippen LogP contribution in [-0.4, -0.2) is 12.1 Å². The van der Waals surface area contributed by atoms with Gasteiger partial charge in [0.05, 0.1) is 7.11 Å². The molecule has 0 aliphatic rings. The Morgan fingerprint density at radius 3 is 2.60 bits per heavy atom. The van der Waals surface area contributed by atoms with Crippen LogP contribution in [0.25, 0.3) is 10.9 Å². The van der Waals surface area contributed by atoms with Crippen molar-refractivity contribution < 1.29 is 4.74 Å². The summed E-state index contributed by atoms with van der Waals surface area (Å²) in [5.74, 6) is 1.03. The zero-order valence-electron chi connectivity index (χ0n) is 15.0. The highest BCUT2D eigenvalue weighted by Crippen LogP contribution is 2.38. The van der Waals surface area contributed by atoms with Gasteiger partial charge < -0.3 is 9.72 Å². The van der Waals surface area contributed by atoms with Crippen LogP contribution in [0.1, 0.15) is 43.2 Å². The molecule has 3 rings (SSSR count). The summed E-state index contributed by atoms with van der Waals surface area (Å²) in [4.78, 5) is 3.41. The highest BCUT2D eigenvalue weighted by molar-refractivity contribution is 5.84. The van der Waals surface area contributed by atoms with Crippen molar-refractivity contribution in [3.63, 3.8) is 0 Å². The molecule has 1 unspecified atom stereocenters. The molecular weight excluding hydrogens is 306 g/mol. The summed E-state index contributed by atoms with van der Waals surface area (Å²) >= 11 is 0. The summed E-state index contributed by atoms with van der Waals surface area (Å²) in [7, 11) is 1.70. The second-order valence-corrected chi connectivity index (χ2v) is 6.30. The fourth-order valence-electron chi connectivity index (χ4n) is 3.40. The fraction of sp³-hybridized carbons (Fsp3) is 0.261. The molecule has 2 heteroatoms. The molecule has 2 nitrogen and oxygen atoms in total. The van der Waals surface area contributed by atoms with Crippen LogP contribution >= 0.6 is 0 Å². The summed E-state index contributed by atoms with van der Waals surface area (Å²) in [5.41, 5.74) is 8.17. The molecule has 1 heterocycles. The maximum atomic E-state index is 5.32. The molecule has 0 saturated heterocycles. The first kappa shape index (κ1) is 17.1. The number of para-hydroxylation sites is 1. The van der Waals surface area contributed by atoms with E-state index in [-0.39, 0.29) is 5.92 Å². The molecule has 2 aromatic carbocycles. The van der Waals surface area contributed by atoms with Crippen LogP contribution in [0.5, 0.6) is 5.75 Å². The minimum Gasteiger partial charge on any atom is -0.497 e. The summed E-state index contributed by atoms with van der Waals surface area (Å²) < 4.78 is 5.32. The van der Waals surface area contributed by atoms with Gasteiger partial charge in [-0.1, -0.05) is 50.3 Å². The van der Waals surface area contributed by atoms with Crippen molar-refractivity contribution in [1.29, 1.82) is 0 Å². The molecule has 3 aromatic rings. The van der Waals surface area contributed by atoms with Crippen molar-refractivity contribution in [3.8, 4) is 5.75 Å². The molecule has 0 bridgehead atoms. The molecule has 1 aromatic heterocycles. The molecule has 0 radical (unpaired) electrons. The minimum absolute atomic E-state index is 0.158. The topological polar surface area (TPSA) is 25.0 Å². The normalized spacial score (nSPS) is 11.9. The Morgan fingerprint density at radius 1 is 1.16 bits per heavy atom. The van der Waals surface area contributed by atoms with Crippen molar-refractivity contribution in [2.24, 2.45) is 0 Å². The van der Waals surface area contributed by atoms with Crippen LogP contribution in [0.2, 0.25) is 0 Å². The van der Waals surface area contributed by atoms with E-state index in [1.165, 1.54) is 22.1 Å². The number of fused-ring (bicyclic) bond motifs is 1. The first-order chi connectivity index (χ1) is 12.3. The molecule has 0 saturated carbocycles. The van der Waals surface area contributed by atoms with E-state index in [2.05, 4.69) is 66.8 Å². The van der Waals surface area contributed by atoms with Crippen LogP contribution in [-0.2, 0) is 0 Å². The van der Waals surface area contributed by atoms with E-state index in [1.54, 1.807) is 7.11 Å². The lowest BCUT2D eigenvalue weighted by molar-refractivity contribution is 0.414. The van der Waals surface area contributed by atoms with Crippen LogP contribution in [0.3, 0.4) is 0 Å². The number of aromatic nitrogens is 1. The van der Waals surface area contributed by atoms with Crippen molar-refractivity contribution >= 4 is 10.9 Å². The predicted octanol–water partition coefficient (Wildman–Crippen LogP) is 6.21. The number of benzene rings is 2.